The van der Waals surface area contributed by atoms with E-state index in [4.69, 9.17) is 4.74 Å². The Bertz CT molecular complexity index is 1070. The third kappa shape index (κ3) is 4.21. The summed E-state index contributed by atoms with van der Waals surface area (Å²) in [5.41, 5.74) is 4.33. The van der Waals surface area contributed by atoms with Gasteiger partial charge in [0.1, 0.15) is 29.4 Å². The lowest BCUT2D eigenvalue weighted by Gasteiger charge is -2.08. The molecule has 2 aromatic carbocycles. The fourth-order valence-electron chi connectivity index (χ4n) is 3.15. The highest BCUT2D eigenvalue weighted by Gasteiger charge is 2.14. The number of nitriles is 1. The number of carbonyl (C=O) groups is 1. The van der Waals surface area contributed by atoms with E-state index in [-0.39, 0.29) is 5.91 Å². The van der Waals surface area contributed by atoms with Gasteiger partial charge in [0, 0.05) is 10.9 Å². The number of aromatic amines is 1. The van der Waals surface area contributed by atoms with Crippen molar-refractivity contribution in [2.75, 3.05) is 25.5 Å². The summed E-state index contributed by atoms with van der Waals surface area (Å²) in [5, 5.41) is 16.6. The van der Waals surface area contributed by atoms with Gasteiger partial charge < -0.3 is 10.1 Å². The van der Waals surface area contributed by atoms with Crippen molar-refractivity contribution < 1.29 is 14.5 Å². The highest BCUT2D eigenvalue weighted by atomic mass is 16.5. The molecule has 0 unspecified atom stereocenters. The van der Waals surface area contributed by atoms with E-state index in [9.17, 15) is 10.1 Å². The maximum atomic E-state index is 12.2. The molecule has 0 bridgehead atoms. The third-order valence-corrected chi connectivity index (χ3v) is 4.51. The number of benzene rings is 2. The molecule has 0 fully saturated rings. The molecule has 0 radical (unpaired) electrons. The van der Waals surface area contributed by atoms with Gasteiger partial charge in [-0.3, -0.25) is 10.1 Å². The largest absolute Gasteiger partial charge is 0.497 e. The molecule has 0 spiro atoms. The average Bonchev–Trinajstić information content (AvgIpc) is 2.70. The zero-order valence-corrected chi connectivity index (χ0v) is 16.2. The van der Waals surface area contributed by atoms with Gasteiger partial charge in [-0.25, -0.2) is 4.98 Å². The summed E-state index contributed by atoms with van der Waals surface area (Å²) in [6.45, 7) is 4.97. The van der Waals surface area contributed by atoms with Gasteiger partial charge in [-0.1, -0.05) is 12.1 Å². The number of hydrogen-bond donors (Lipinski definition) is 2. The second kappa shape index (κ2) is 8.40. The second-order valence-corrected chi connectivity index (χ2v) is 6.63. The van der Waals surface area contributed by atoms with Crippen LogP contribution in [-0.4, -0.2) is 26.1 Å². The van der Waals surface area contributed by atoms with Crippen molar-refractivity contribution in [3.8, 4) is 11.8 Å². The van der Waals surface area contributed by atoms with E-state index in [1.165, 1.54) is 0 Å². The van der Waals surface area contributed by atoms with Crippen LogP contribution in [-0.2, 0) is 0 Å². The predicted octanol–water partition coefficient (Wildman–Crippen LogP) is 2.99. The number of rotatable bonds is 6. The first-order valence-corrected chi connectivity index (χ1v) is 9.05. The first kappa shape index (κ1) is 19.2. The smallest absolute Gasteiger partial charge is 0.290 e. The highest BCUT2D eigenvalue weighted by molar-refractivity contribution is 5.94. The molecule has 0 aliphatic carbocycles. The molecule has 0 aliphatic rings. The zero-order valence-electron chi connectivity index (χ0n) is 16.2. The first-order chi connectivity index (χ1) is 13.5. The van der Waals surface area contributed by atoms with Crippen LogP contribution in [0.5, 0.6) is 5.75 Å². The van der Waals surface area contributed by atoms with E-state index in [2.05, 4.69) is 33.8 Å². The van der Waals surface area contributed by atoms with E-state index in [0.717, 1.165) is 22.0 Å². The molecule has 0 aliphatic heterocycles. The topological polar surface area (TPSA) is 88.3 Å². The lowest BCUT2D eigenvalue weighted by Crippen LogP contribution is -2.30. The molecule has 3 N–H and O–H groups in total. The van der Waals surface area contributed by atoms with Gasteiger partial charge in [0.2, 0.25) is 0 Å². The van der Waals surface area contributed by atoms with Gasteiger partial charge in [0.05, 0.1) is 13.7 Å². The van der Waals surface area contributed by atoms with Crippen molar-refractivity contribution in [2.24, 2.45) is 0 Å². The van der Waals surface area contributed by atoms with Crippen molar-refractivity contribution in [2.45, 2.75) is 13.8 Å². The maximum Gasteiger partial charge on any atom is 0.290 e. The summed E-state index contributed by atoms with van der Waals surface area (Å²) in [6.07, 6.45) is 0. The van der Waals surface area contributed by atoms with Crippen LogP contribution >= 0.6 is 0 Å². The number of pyridine rings is 1. The molecule has 1 amide bonds. The molecule has 6 heteroatoms. The maximum absolute atomic E-state index is 12.2. The second-order valence-electron chi connectivity index (χ2n) is 6.63. The zero-order chi connectivity index (χ0) is 20.1. The summed E-state index contributed by atoms with van der Waals surface area (Å²) in [7, 11) is 1.57. The summed E-state index contributed by atoms with van der Waals surface area (Å²) in [5.74, 6) is 1.12. The molecular formula is C22H23N4O2+. The fourth-order valence-corrected chi connectivity index (χ4v) is 3.15. The minimum absolute atomic E-state index is 0.171. The Morgan fingerprint density at radius 1 is 1.18 bits per heavy atom. The molecule has 1 heterocycles. The predicted molar refractivity (Wildman–Crippen MR) is 109 cm³/mol. The lowest BCUT2D eigenvalue weighted by atomic mass is 10.0. The molecule has 0 atom stereocenters. The number of H-pyrrole nitrogens is 1. The normalized spacial score (nSPS) is 10.4. The Kier molecular flexibility index (Phi) is 5.75. The summed E-state index contributed by atoms with van der Waals surface area (Å²) in [4.78, 5) is 15.5. The molecule has 3 rings (SSSR count). The molecule has 0 saturated carbocycles. The molecule has 1 aromatic heterocycles. The molecule has 0 saturated heterocycles. The van der Waals surface area contributed by atoms with Gasteiger partial charge in [0.25, 0.3) is 11.7 Å². The number of anilines is 1. The fraction of sp³-hybridized carbons (Fsp3) is 0.227. The van der Waals surface area contributed by atoms with Crippen molar-refractivity contribution >= 4 is 22.6 Å². The monoisotopic (exact) mass is 375 g/mol. The van der Waals surface area contributed by atoms with Crippen LogP contribution in [0.1, 0.15) is 27.0 Å². The number of methoxy groups -OCH3 is 1. The highest BCUT2D eigenvalue weighted by Crippen LogP contribution is 2.21. The number of carbonyl (C=O) groups excluding carboxylic acids is 1. The standard InChI is InChI=1S/C22H22N4O2/c1-14-9-15(2)19-12-17(13-23)21(26-20(19)10-14)24-7-8-25-22(27)16-5-4-6-18(11-16)28-3/h4-6,9-12H,7-8H2,1-3H3,(H,24,26)(H,25,27)/p+1. The van der Waals surface area contributed by atoms with Crippen molar-refractivity contribution in [3.63, 3.8) is 0 Å². The number of aromatic nitrogens is 1. The van der Waals surface area contributed by atoms with Crippen molar-refractivity contribution in [1.82, 2.24) is 5.32 Å². The minimum Gasteiger partial charge on any atom is -0.497 e. The van der Waals surface area contributed by atoms with Crippen LogP contribution < -0.4 is 20.4 Å². The minimum atomic E-state index is -0.171. The number of nitrogens with zero attached hydrogens (tertiary/aromatic N) is 1. The van der Waals surface area contributed by atoms with Gasteiger partial charge in [-0.2, -0.15) is 5.26 Å². The number of aryl methyl sites for hydroxylation is 2. The Hall–Kier alpha value is -3.59. The van der Waals surface area contributed by atoms with E-state index in [0.29, 0.717) is 35.8 Å². The van der Waals surface area contributed by atoms with E-state index >= 15 is 0 Å². The lowest BCUT2D eigenvalue weighted by molar-refractivity contribution is -0.327. The van der Waals surface area contributed by atoms with Gasteiger partial charge >= 0.3 is 0 Å². The molecule has 3 aromatic rings. The quantitative estimate of drug-likeness (QED) is 0.648. The molecular weight excluding hydrogens is 352 g/mol. The molecule has 6 nitrogen and oxygen atoms in total. The van der Waals surface area contributed by atoms with Crippen LogP contribution in [0.15, 0.2) is 42.5 Å². The Balaban J connectivity index is 1.66. The SMILES string of the molecule is COc1cccc(C(=O)NCCNc2[nH+]c3cc(C)cc(C)c3cc2C#N)c1. The number of ether oxygens (including phenoxy) is 1. The van der Waals surface area contributed by atoms with E-state index in [1.54, 1.807) is 31.4 Å². The van der Waals surface area contributed by atoms with Crippen LogP contribution in [0.25, 0.3) is 10.9 Å². The van der Waals surface area contributed by atoms with E-state index in [1.807, 2.05) is 19.9 Å². The summed E-state index contributed by atoms with van der Waals surface area (Å²) >= 11 is 0. The number of amides is 1. The number of nitrogens with one attached hydrogen (secondary N) is 3. The number of fused-ring (bicyclic) bond motifs is 1. The van der Waals surface area contributed by atoms with Gasteiger partial charge in [0.15, 0.2) is 0 Å². The van der Waals surface area contributed by atoms with Gasteiger partial charge in [-0.05, 0) is 55.3 Å². The van der Waals surface area contributed by atoms with Crippen LogP contribution in [0.2, 0.25) is 0 Å². The van der Waals surface area contributed by atoms with Gasteiger partial charge in [-0.15, -0.1) is 0 Å². The van der Waals surface area contributed by atoms with Crippen LogP contribution in [0, 0.1) is 25.2 Å². The summed E-state index contributed by atoms with van der Waals surface area (Å²) < 4.78 is 5.14. The van der Waals surface area contributed by atoms with Crippen LogP contribution in [0.3, 0.4) is 0 Å². The third-order valence-electron chi connectivity index (χ3n) is 4.51. The van der Waals surface area contributed by atoms with Crippen LogP contribution in [0.4, 0.5) is 5.82 Å². The van der Waals surface area contributed by atoms with E-state index < -0.39 is 0 Å². The Morgan fingerprint density at radius 3 is 2.75 bits per heavy atom. The molecule has 142 valence electrons. The Labute approximate surface area is 164 Å². The Morgan fingerprint density at radius 2 is 2.00 bits per heavy atom. The van der Waals surface area contributed by atoms with Crippen molar-refractivity contribution in [1.29, 1.82) is 5.26 Å². The average molecular weight is 375 g/mol. The first-order valence-electron chi connectivity index (χ1n) is 9.05. The summed E-state index contributed by atoms with van der Waals surface area (Å²) in [6, 6.07) is 15.3. The van der Waals surface area contributed by atoms with Crippen molar-refractivity contribution in [3.05, 3.63) is 64.7 Å². The number of hydrogen-bond acceptors (Lipinski definition) is 4. The molecule has 28 heavy (non-hydrogen) atoms.